The minimum Gasteiger partial charge on any atom is -0.487 e. The molecule has 1 aromatic rings. The van der Waals surface area contributed by atoms with Gasteiger partial charge in [0.05, 0.1) is 24.7 Å². The number of rotatable bonds is 10. The van der Waals surface area contributed by atoms with E-state index in [1.165, 1.54) is 0 Å². The van der Waals surface area contributed by atoms with Gasteiger partial charge >= 0.3 is 0 Å². The second-order valence-corrected chi connectivity index (χ2v) is 7.57. The summed E-state index contributed by atoms with van der Waals surface area (Å²) in [5.41, 5.74) is 0. The molecule has 1 atom stereocenters. The van der Waals surface area contributed by atoms with Crippen molar-refractivity contribution >= 4 is 23.5 Å². The van der Waals surface area contributed by atoms with Crippen molar-refractivity contribution in [2.24, 2.45) is 4.99 Å². The fraction of sp³-hybridized carbons (Fsp3) is 0.619. The number of nitrogens with one attached hydrogen (secondary N) is 2. The first-order valence-corrected chi connectivity index (χ1v) is 10.8. The zero-order valence-electron chi connectivity index (χ0n) is 18.2. The van der Waals surface area contributed by atoms with Gasteiger partial charge in [0.15, 0.2) is 5.96 Å². The number of hydrogen-bond donors (Lipinski definition) is 2. The maximum Gasteiger partial charge on any atom is 0.234 e. The standard InChI is InChI=1S/C21H34ClN5O3/c1-4-23-21(25-15-17(2)30-19-8-6-5-7-18(19)22)27-12-10-26(11-13-27)16-20(28)24-9-14-29-3/h5-8,17H,4,9-16H2,1-3H3,(H,23,25)(H,24,28). The van der Waals surface area contributed by atoms with E-state index in [-0.39, 0.29) is 12.0 Å². The molecule has 1 saturated heterocycles. The average molecular weight is 440 g/mol. The van der Waals surface area contributed by atoms with Crippen LogP contribution in [0.25, 0.3) is 0 Å². The van der Waals surface area contributed by atoms with E-state index in [1.807, 2.05) is 31.2 Å². The number of methoxy groups -OCH3 is 1. The number of ether oxygens (including phenoxy) is 2. The van der Waals surface area contributed by atoms with Crippen LogP contribution < -0.4 is 15.4 Å². The predicted octanol–water partition coefficient (Wildman–Crippen LogP) is 1.45. The molecule has 8 nitrogen and oxygen atoms in total. The van der Waals surface area contributed by atoms with E-state index in [4.69, 9.17) is 26.1 Å². The zero-order chi connectivity index (χ0) is 21.8. The summed E-state index contributed by atoms with van der Waals surface area (Å²) in [6.07, 6.45) is -0.101. The fourth-order valence-corrected chi connectivity index (χ4v) is 3.28. The summed E-state index contributed by atoms with van der Waals surface area (Å²) in [4.78, 5) is 21.1. The third-order valence-corrected chi connectivity index (χ3v) is 4.98. The van der Waals surface area contributed by atoms with Crippen LogP contribution in [0.1, 0.15) is 13.8 Å². The molecule has 0 aromatic heterocycles. The largest absolute Gasteiger partial charge is 0.487 e. The summed E-state index contributed by atoms with van der Waals surface area (Å²) in [5.74, 6) is 1.58. The third kappa shape index (κ3) is 8.38. The number of guanidine groups is 1. The highest BCUT2D eigenvalue weighted by atomic mass is 35.5. The van der Waals surface area contributed by atoms with Crippen LogP contribution in [-0.4, -0.2) is 93.8 Å². The van der Waals surface area contributed by atoms with E-state index in [0.29, 0.717) is 37.0 Å². The number of carbonyl (C=O) groups excluding carboxylic acids is 1. The first kappa shape index (κ1) is 24.2. The number of halogens is 1. The SMILES string of the molecule is CCNC(=NCC(C)Oc1ccccc1Cl)N1CCN(CC(=O)NCCOC)CC1. The van der Waals surface area contributed by atoms with Crippen molar-refractivity contribution in [2.75, 3.05) is 66.1 Å². The maximum absolute atomic E-state index is 12.0. The number of benzene rings is 1. The molecule has 1 amide bonds. The van der Waals surface area contributed by atoms with Gasteiger partial charge in [-0.3, -0.25) is 9.69 Å². The van der Waals surface area contributed by atoms with E-state index < -0.39 is 0 Å². The molecule has 1 aliphatic heterocycles. The highest BCUT2D eigenvalue weighted by molar-refractivity contribution is 6.32. The summed E-state index contributed by atoms with van der Waals surface area (Å²) in [7, 11) is 1.62. The van der Waals surface area contributed by atoms with Gasteiger partial charge < -0.3 is 25.0 Å². The second-order valence-electron chi connectivity index (χ2n) is 7.16. The molecule has 1 aromatic carbocycles. The molecule has 30 heavy (non-hydrogen) atoms. The number of hydrogen-bond acceptors (Lipinski definition) is 5. The van der Waals surface area contributed by atoms with E-state index in [2.05, 4.69) is 27.4 Å². The lowest BCUT2D eigenvalue weighted by atomic mass is 10.3. The minimum atomic E-state index is -0.101. The quantitative estimate of drug-likeness (QED) is 0.326. The van der Waals surface area contributed by atoms with Crippen LogP contribution in [0, 0.1) is 0 Å². The molecule has 168 valence electrons. The van der Waals surface area contributed by atoms with Gasteiger partial charge in [0, 0.05) is 46.4 Å². The van der Waals surface area contributed by atoms with Crippen LogP contribution in [0.2, 0.25) is 5.02 Å². The van der Waals surface area contributed by atoms with Gasteiger partial charge in [0.1, 0.15) is 11.9 Å². The smallest absolute Gasteiger partial charge is 0.234 e. The van der Waals surface area contributed by atoms with Crippen LogP contribution in [-0.2, 0) is 9.53 Å². The molecule has 2 N–H and O–H groups in total. The monoisotopic (exact) mass is 439 g/mol. The Bertz CT molecular complexity index is 680. The number of nitrogens with zero attached hydrogens (tertiary/aromatic N) is 3. The van der Waals surface area contributed by atoms with Gasteiger partial charge in [-0.1, -0.05) is 23.7 Å². The number of aliphatic imine (C=N–C) groups is 1. The van der Waals surface area contributed by atoms with Crippen molar-refractivity contribution in [1.82, 2.24) is 20.4 Å². The lowest BCUT2D eigenvalue weighted by Gasteiger charge is -2.36. The molecule has 2 rings (SSSR count). The summed E-state index contributed by atoms with van der Waals surface area (Å²) < 4.78 is 10.9. The van der Waals surface area contributed by atoms with E-state index >= 15 is 0 Å². The Labute approximate surface area is 184 Å². The van der Waals surface area contributed by atoms with Gasteiger partial charge in [0.25, 0.3) is 0 Å². The van der Waals surface area contributed by atoms with Crippen molar-refractivity contribution in [3.8, 4) is 5.75 Å². The van der Waals surface area contributed by atoms with Gasteiger partial charge in [-0.15, -0.1) is 0 Å². The third-order valence-electron chi connectivity index (χ3n) is 4.67. The van der Waals surface area contributed by atoms with Gasteiger partial charge in [-0.25, -0.2) is 4.99 Å². The van der Waals surface area contributed by atoms with Crippen molar-refractivity contribution < 1.29 is 14.3 Å². The predicted molar refractivity (Wildman–Crippen MR) is 120 cm³/mol. The summed E-state index contributed by atoms with van der Waals surface area (Å²) >= 11 is 6.17. The van der Waals surface area contributed by atoms with Crippen LogP contribution in [0.5, 0.6) is 5.75 Å². The summed E-state index contributed by atoms with van der Waals surface area (Å²) in [6, 6.07) is 7.45. The molecule has 1 unspecified atom stereocenters. The summed E-state index contributed by atoms with van der Waals surface area (Å²) in [5, 5.41) is 6.82. The van der Waals surface area contributed by atoms with Crippen molar-refractivity contribution in [2.45, 2.75) is 20.0 Å². The van der Waals surface area contributed by atoms with Crippen molar-refractivity contribution in [3.05, 3.63) is 29.3 Å². The lowest BCUT2D eigenvalue weighted by molar-refractivity contribution is -0.122. The van der Waals surface area contributed by atoms with Crippen LogP contribution in [0.3, 0.4) is 0 Å². The highest BCUT2D eigenvalue weighted by Crippen LogP contribution is 2.24. The maximum atomic E-state index is 12.0. The molecule has 1 aliphatic rings. The first-order valence-electron chi connectivity index (χ1n) is 10.5. The molecule has 9 heteroatoms. The van der Waals surface area contributed by atoms with Crippen molar-refractivity contribution in [3.63, 3.8) is 0 Å². The number of para-hydroxylation sites is 1. The lowest BCUT2D eigenvalue weighted by Crippen LogP contribution is -2.54. The normalized spacial score (nSPS) is 16.3. The zero-order valence-corrected chi connectivity index (χ0v) is 19.0. The summed E-state index contributed by atoms with van der Waals surface area (Å²) in [6.45, 7) is 10.1. The molecule has 0 saturated carbocycles. The van der Waals surface area contributed by atoms with E-state index in [0.717, 1.165) is 38.7 Å². The average Bonchev–Trinajstić information content (AvgIpc) is 2.73. The Balaban J connectivity index is 1.81. The highest BCUT2D eigenvalue weighted by Gasteiger charge is 2.21. The Morgan fingerprint density at radius 1 is 1.23 bits per heavy atom. The van der Waals surface area contributed by atoms with E-state index in [9.17, 15) is 4.79 Å². The first-order chi connectivity index (χ1) is 14.5. The van der Waals surface area contributed by atoms with Crippen molar-refractivity contribution in [1.29, 1.82) is 0 Å². The fourth-order valence-electron chi connectivity index (χ4n) is 3.10. The van der Waals surface area contributed by atoms with Gasteiger partial charge in [-0.05, 0) is 26.0 Å². The number of amides is 1. The van der Waals surface area contributed by atoms with Gasteiger partial charge in [-0.2, -0.15) is 0 Å². The van der Waals surface area contributed by atoms with Crippen LogP contribution in [0.15, 0.2) is 29.3 Å². The van der Waals surface area contributed by atoms with Crippen LogP contribution >= 0.6 is 11.6 Å². The number of carbonyl (C=O) groups is 1. The Morgan fingerprint density at radius 3 is 2.63 bits per heavy atom. The molecule has 0 aliphatic carbocycles. The molecule has 0 radical (unpaired) electrons. The molecular formula is C21H34ClN5O3. The Kier molecular flexibility index (Phi) is 10.8. The second kappa shape index (κ2) is 13.3. The van der Waals surface area contributed by atoms with Gasteiger partial charge in [0.2, 0.25) is 5.91 Å². The molecule has 0 bridgehead atoms. The molecule has 0 spiro atoms. The molecular weight excluding hydrogens is 406 g/mol. The molecule has 1 heterocycles. The van der Waals surface area contributed by atoms with E-state index in [1.54, 1.807) is 7.11 Å². The minimum absolute atomic E-state index is 0.0339. The molecule has 1 fully saturated rings. The topological polar surface area (TPSA) is 78.4 Å². The number of piperazine rings is 1. The Morgan fingerprint density at radius 2 is 1.97 bits per heavy atom. The Hall–Kier alpha value is -2.03. The van der Waals surface area contributed by atoms with Crippen LogP contribution in [0.4, 0.5) is 0 Å².